The molecule has 0 unspecified atom stereocenters. The molecule has 0 aliphatic rings. The SMILES string of the molecule is Cc1ccc(-n2nnc(C(=O)NCc3ccccc3)c2C)cc1F. The normalized spacial score (nSPS) is 10.6. The maximum absolute atomic E-state index is 13.7. The highest BCUT2D eigenvalue weighted by molar-refractivity contribution is 5.93. The number of hydrogen-bond acceptors (Lipinski definition) is 3. The van der Waals surface area contributed by atoms with E-state index in [0.717, 1.165) is 5.56 Å². The van der Waals surface area contributed by atoms with Crippen molar-refractivity contribution in [3.8, 4) is 5.69 Å². The summed E-state index contributed by atoms with van der Waals surface area (Å²) < 4.78 is 15.2. The Labute approximate surface area is 139 Å². The van der Waals surface area contributed by atoms with Gasteiger partial charge in [-0.3, -0.25) is 4.79 Å². The van der Waals surface area contributed by atoms with Crippen LogP contribution in [0.25, 0.3) is 5.69 Å². The van der Waals surface area contributed by atoms with Crippen LogP contribution in [0.3, 0.4) is 0 Å². The molecule has 0 bridgehead atoms. The lowest BCUT2D eigenvalue weighted by Gasteiger charge is -2.06. The average Bonchev–Trinajstić information content (AvgIpc) is 2.98. The van der Waals surface area contributed by atoms with E-state index in [2.05, 4.69) is 15.6 Å². The monoisotopic (exact) mass is 324 g/mol. The van der Waals surface area contributed by atoms with Gasteiger partial charge in [0.25, 0.3) is 5.91 Å². The summed E-state index contributed by atoms with van der Waals surface area (Å²) in [5.74, 6) is -0.632. The van der Waals surface area contributed by atoms with Crippen LogP contribution < -0.4 is 5.32 Å². The molecular weight excluding hydrogens is 307 g/mol. The Balaban J connectivity index is 1.79. The van der Waals surface area contributed by atoms with E-state index in [0.29, 0.717) is 23.5 Å². The van der Waals surface area contributed by atoms with Crippen molar-refractivity contribution in [3.63, 3.8) is 0 Å². The van der Waals surface area contributed by atoms with E-state index in [1.54, 1.807) is 26.0 Å². The molecule has 0 atom stereocenters. The Morgan fingerprint density at radius 2 is 1.92 bits per heavy atom. The van der Waals surface area contributed by atoms with Crippen molar-refractivity contribution in [1.29, 1.82) is 0 Å². The van der Waals surface area contributed by atoms with Crippen molar-refractivity contribution in [1.82, 2.24) is 20.3 Å². The highest BCUT2D eigenvalue weighted by Gasteiger charge is 2.17. The number of carbonyl (C=O) groups excluding carboxylic acids is 1. The molecule has 0 fully saturated rings. The quantitative estimate of drug-likeness (QED) is 0.803. The molecule has 1 heterocycles. The number of hydrogen-bond donors (Lipinski definition) is 1. The summed E-state index contributed by atoms with van der Waals surface area (Å²) >= 11 is 0. The fourth-order valence-electron chi connectivity index (χ4n) is 2.36. The van der Waals surface area contributed by atoms with Crippen LogP contribution in [0.2, 0.25) is 0 Å². The largest absolute Gasteiger partial charge is 0.347 e. The van der Waals surface area contributed by atoms with Crippen molar-refractivity contribution in [2.75, 3.05) is 0 Å². The maximum atomic E-state index is 13.7. The number of benzene rings is 2. The molecular formula is C18H17FN4O. The third-order valence-electron chi connectivity index (χ3n) is 3.81. The van der Waals surface area contributed by atoms with Crippen molar-refractivity contribution >= 4 is 5.91 Å². The highest BCUT2D eigenvalue weighted by atomic mass is 19.1. The van der Waals surface area contributed by atoms with Crippen LogP contribution in [0.15, 0.2) is 48.5 Å². The van der Waals surface area contributed by atoms with E-state index in [1.807, 2.05) is 30.3 Å². The molecule has 0 spiro atoms. The van der Waals surface area contributed by atoms with Crippen molar-refractivity contribution < 1.29 is 9.18 Å². The summed E-state index contributed by atoms with van der Waals surface area (Å²) in [5.41, 5.74) is 2.87. The first kappa shape index (κ1) is 15.9. The first-order valence-corrected chi connectivity index (χ1v) is 7.57. The van der Waals surface area contributed by atoms with Crippen LogP contribution in [0, 0.1) is 19.7 Å². The summed E-state index contributed by atoms with van der Waals surface area (Å²) in [6.07, 6.45) is 0. The number of nitrogens with zero attached hydrogens (tertiary/aromatic N) is 3. The van der Waals surface area contributed by atoms with Gasteiger partial charge in [0.1, 0.15) is 5.82 Å². The van der Waals surface area contributed by atoms with Gasteiger partial charge in [0.05, 0.1) is 11.4 Å². The van der Waals surface area contributed by atoms with Gasteiger partial charge in [0.15, 0.2) is 5.69 Å². The van der Waals surface area contributed by atoms with E-state index < -0.39 is 0 Å². The molecule has 1 amide bonds. The molecule has 1 N–H and O–H groups in total. The minimum atomic E-state index is -0.322. The average molecular weight is 324 g/mol. The first-order chi connectivity index (χ1) is 11.6. The second kappa shape index (κ2) is 6.62. The van der Waals surface area contributed by atoms with Gasteiger partial charge in [-0.15, -0.1) is 5.10 Å². The molecule has 2 aromatic carbocycles. The van der Waals surface area contributed by atoms with Crippen LogP contribution in [-0.4, -0.2) is 20.9 Å². The fourth-order valence-corrected chi connectivity index (χ4v) is 2.36. The molecule has 122 valence electrons. The summed E-state index contributed by atoms with van der Waals surface area (Å²) in [6, 6.07) is 14.4. The van der Waals surface area contributed by atoms with Crippen molar-refractivity contribution in [3.05, 3.63) is 76.9 Å². The van der Waals surface area contributed by atoms with E-state index in [9.17, 15) is 9.18 Å². The lowest BCUT2D eigenvalue weighted by Crippen LogP contribution is -2.24. The van der Waals surface area contributed by atoms with Gasteiger partial charge in [-0.2, -0.15) is 0 Å². The lowest BCUT2D eigenvalue weighted by atomic mass is 10.2. The Bertz CT molecular complexity index is 874. The molecule has 6 heteroatoms. The summed E-state index contributed by atoms with van der Waals surface area (Å²) in [6.45, 7) is 3.83. The third-order valence-corrected chi connectivity index (χ3v) is 3.81. The Hall–Kier alpha value is -3.02. The number of nitrogens with one attached hydrogen (secondary N) is 1. The number of aryl methyl sites for hydroxylation is 1. The van der Waals surface area contributed by atoms with Crippen LogP contribution >= 0.6 is 0 Å². The van der Waals surface area contributed by atoms with Gasteiger partial charge in [-0.05, 0) is 37.1 Å². The molecule has 0 aliphatic carbocycles. The smallest absolute Gasteiger partial charge is 0.274 e. The minimum absolute atomic E-state index is 0.229. The zero-order chi connectivity index (χ0) is 17.1. The molecule has 1 aromatic heterocycles. The number of carbonyl (C=O) groups is 1. The minimum Gasteiger partial charge on any atom is -0.347 e. The molecule has 3 rings (SSSR count). The van der Waals surface area contributed by atoms with Gasteiger partial charge in [-0.25, -0.2) is 9.07 Å². The molecule has 24 heavy (non-hydrogen) atoms. The molecule has 0 aliphatic heterocycles. The number of halogens is 1. The predicted molar refractivity (Wildman–Crippen MR) is 88.4 cm³/mol. The number of amides is 1. The lowest BCUT2D eigenvalue weighted by molar-refractivity contribution is 0.0945. The zero-order valence-corrected chi connectivity index (χ0v) is 13.5. The molecule has 0 radical (unpaired) electrons. The van der Waals surface area contributed by atoms with Gasteiger partial charge >= 0.3 is 0 Å². The second-order valence-electron chi connectivity index (χ2n) is 5.54. The Morgan fingerprint density at radius 3 is 2.62 bits per heavy atom. The molecule has 5 nitrogen and oxygen atoms in total. The van der Waals surface area contributed by atoms with Crippen molar-refractivity contribution in [2.45, 2.75) is 20.4 Å². The summed E-state index contributed by atoms with van der Waals surface area (Å²) in [4.78, 5) is 12.3. The summed E-state index contributed by atoms with van der Waals surface area (Å²) in [5, 5.41) is 10.7. The van der Waals surface area contributed by atoms with Gasteiger partial charge in [0, 0.05) is 6.54 Å². The highest BCUT2D eigenvalue weighted by Crippen LogP contribution is 2.16. The second-order valence-corrected chi connectivity index (χ2v) is 5.54. The Kier molecular flexibility index (Phi) is 4.37. The number of aromatic nitrogens is 3. The van der Waals surface area contributed by atoms with Gasteiger partial charge < -0.3 is 5.32 Å². The first-order valence-electron chi connectivity index (χ1n) is 7.57. The van der Waals surface area contributed by atoms with Crippen LogP contribution in [0.1, 0.15) is 27.3 Å². The van der Waals surface area contributed by atoms with Crippen LogP contribution in [0.5, 0.6) is 0 Å². The van der Waals surface area contributed by atoms with E-state index in [-0.39, 0.29) is 17.4 Å². The Morgan fingerprint density at radius 1 is 1.17 bits per heavy atom. The topological polar surface area (TPSA) is 59.8 Å². The van der Waals surface area contributed by atoms with E-state index in [4.69, 9.17) is 0 Å². The van der Waals surface area contributed by atoms with Gasteiger partial charge in [-0.1, -0.05) is 41.6 Å². The van der Waals surface area contributed by atoms with Crippen molar-refractivity contribution in [2.24, 2.45) is 0 Å². The fraction of sp³-hybridized carbons (Fsp3) is 0.167. The summed E-state index contributed by atoms with van der Waals surface area (Å²) in [7, 11) is 0. The van der Waals surface area contributed by atoms with Gasteiger partial charge in [0.2, 0.25) is 0 Å². The van der Waals surface area contributed by atoms with Crippen LogP contribution in [-0.2, 0) is 6.54 Å². The van der Waals surface area contributed by atoms with E-state index in [1.165, 1.54) is 10.7 Å². The molecule has 0 saturated carbocycles. The zero-order valence-electron chi connectivity index (χ0n) is 13.5. The standard InChI is InChI=1S/C18H17FN4O/c1-12-8-9-15(10-16(12)19)23-13(2)17(21-22-23)18(24)20-11-14-6-4-3-5-7-14/h3-10H,11H2,1-2H3,(H,20,24). The van der Waals surface area contributed by atoms with Crippen LogP contribution in [0.4, 0.5) is 4.39 Å². The molecule has 3 aromatic rings. The predicted octanol–water partition coefficient (Wildman–Crippen LogP) is 2.95. The molecule has 0 saturated heterocycles. The van der Waals surface area contributed by atoms with E-state index >= 15 is 0 Å². The third kappa shape index (κ3) is 3.17. The number of rotatable bonds is 4. The maximum Gasteiger partial charge on any atom is 0.274 e.